The van der Waals surface area contributed by atoms with Crippen molar-refractivity contribution >= 4 is 5.91 Å². The van der Waals surface area contributed by atoms with Gasteiger partial charge in [0.15, 0.2) is 0 Å². The SMILES string of the molecule is O=C(NC1CC1)c1cccc(-c2cc(OC(F)(F)F)ccc2O)c1. The largest absolute Gasteiger partial charge is 0.573 e. The van der Waals surface area contributed by atoms with Crippen LogP contribution in [0.3, 0.4) is 0 Å². The van der Waals surface area contributed by atoms with E-state index in [2.05, 4.69) is 10.1 Å². The summed E-state index contributed by atoms with van der Waals surface area (Å²) in [5.41, 5.74) is 0.947. The van der Waals surface area contributed by atoms with Gasteiger partial charge in [-0.15, -0.1) is 13.2 Å². The monoisotopic (exact) mass is 337 g/mol. The summed E-state index contributed by atoms with van der Waals surface area (Å²) in [6.07, 6.45) is -2.92. The summed E-state index contributed by atoms with van der Waals surface area (Å²) in [5, 5.41) is 12.8. The van der Waals surface area contributed by atoms with Crippen LogP contribution >= 0.6 is 0 Å². The molecule has 7 heteroatoms. The Hall–Kier alpha value is -2.70. The highest BCUT2D eigenvalue weighted by Crippen LogP contribution is 2.35. The number of halogens is 3. The number of hydrogen-bond donors (Lipinski definition) is 2. The summed E-state index contributed by atoms with van der Waals surface area (Å²) in [4.78, 5) is 12.1. The first-order chi connectivity index (χ1) is 11.3. The van der Waals surface area contributed by atoms with E-state index in [0.29, 0.717) is 11.1 Å². The molecule has 0 spiro atoms. The van der Waals surface area contributed by atoms with Crippen LogP contribution < -0.4 is 10.1 Å². The molecule has 24 heavy (non-hydrogen) atoms. The smallest absolute Gasteiger partial charge is 0.507 e. The number of phenols is 1. The summed E-state index contributed by atoms with van der Waals surface area (Å²) in [7, 11) is 0. The molecule has 1 saturated carbocycles. The van der Waals surface area contributed by atoms with E-state index in [1.807, 2.05) is 0 Å². The van der Waals surface area contributed by atoms with Crippen molar-refractivity contribution < 1.29 is 27.8 Å². The van der Waals surface area contributed by atoms with Crippen LogP contribution in [-0.2, 0) is 0 Å². The third kappa shape index (κ3) is 3.98. The fraction of sp³-hybridized carbons (Fsp3) is 0.235. The number of amides is 1. The number of hydrogen-bond acceptors (Lipinski definition) is 3. The number of alkyl halides is 3. The Morgan fingerprint density at radius 3 is 2.58 bits per heavy atom. The Morgan fingerprint density at radius 1 is 1.17 bits per heavy atom. The molecule has 0 atom stereocenters. The second-order valence-electron chi connectivity index (χ2n) is 5.56. The average Bonchev–Trinajstić information content (AvgIpc) is 3.32. The Labute approximate surface area is 135 Å². The number of ether oxygens (including phenoxy) is 1. The molecule has 4 nitrogen and oxygen atoms in total. The molecule has 0 radical (unpaired) electrons. The van der Waals surface area contributed by atoms with Crippen molar-refractivity contribution in [2.45, 2.75) is 25.2 Å². The van der Waals surface area contributed by atoms with Crippen LogP contribution in [0.2, 0.25) is 0 Å². The fourth-order valence-corrected chi connectivity index (χ4v) is 2.27. The van der Waals surface area contributed by atoms with Gasteiger partial charge in [-0.2, -0.15) is 0 Å². The van der Waals surface area contributed by atoms with Gasteiger partial charge < -0.3 is 15.2 Å². The van der Waals surface area contributed by atoms with Crippen LogP contribution in [0.15, 0.2) is 42.5 Å². The number of rotatable bonds is 4. The van der Waals surface area contributed by atoms with Crippen LogP contribution in [0.4, 0.5) is 13.2 Å². The molecule has 0 saturated heterocycles. The van der Waals surface area contributed by atoms with Gasteiger partial charge in [0.05, 0.1) is 0 Å². The van der Waals surface area contributed by atoms with Gasteiger partial charge in [0, 0.05) is 17.2 Å². The van der Waals surface area contributed by atoms with E-state index >= 15 is 0 Å². The van der Waals surface area contributed by atoms with Crippen LogP contribution in [0, 0.1) is 0 Å². The molecular weight excluding hydrogens is 323 g/mol. The highest BCUT2D eigenvalue weighted by molar-refractivity contribution is 5.96. The van der Waals surface area contributed by atoms with Crippen LogP contribution in [-0.4, -0.2) is 23.4 Å². The van der Waals surface area contributed by atoms with E-state index in [4.69, 9.17) is 0 Å². The number of carbonyl (C=O) groups excluding carboxylic acids is 1. The zero-order chi connectivity index (χ0) is 17.3. The Balaban J connectivity index is 1.90. The van der Waals surface area contributed by atoms with Crippen molar-refractivity contribution in [3.05, 3.63) is 48.0 Å². The molecule has 1 amide bonds. The van der Waals surface area contributed by atoms with Gasteiger partial charge >= 0.3 is 6.36 Å². The first kappa shape index (κ1) is 16.2. The fourth-order valence-electron chi connectivity index (χ4n) is 2.27. The third-order valence-electron chi connectivity index (χ3n) is 3.55. The summed E-state index contributed by atoms with van der Waals surface area (Å²) < 4.78 is 40.9. The molecule has 0 heterocycles. The highest BCUT2D eigenvalue weighted by Gasteiger charge is 2.31. The van der Waals surface area contributed by atoms with Crippen LogP contribution in [0.1, 0.15) is 23.2 Å². The summed E-state index contributed by atoms with van der Waals surface area (Å²) >= 11 is 0. The summed E-state index contributed by atoms with van der Waals surface area (Å²) in [6.45, 7) is 0. The number of aromatic hydroxyl groups is 1. The van der Waals surface area contributed by atoms with E-state index in [-0.39, 0.29) is 23.3 Å². The van der Waals surface area contributed by atoms with Gasteiger partial charge in [-0.1, -0.05) is 12.1 Å². The predicted octanol–water partition coefficient (Wildman–Crippen LogP) is 3.85. The molecule has 0 unspecified atom stereocenters. The van der Waals surface area contributed by atoms with Gasteiger partial charge in [-0.3, -0.25) is 4.79 Å². The lowest BCUT2D eigenvalue weighted by molar-refractivity contribution is -0.274. The standard InChI is InChI=1S/C17H14F3NO3/c18-17(19,20)24-13-6-7-15(22)14(9-13)10-2-1-3-11(8-10)16(23)21-12-4-5-12/h1-3,6-9,12,22H,4-5H2,(H,21,23). The zero-order valence-electron chi connectivity index (χ0n) is 12.4. The lowest BCUT2D eigenvalue weighted by Crippen LogP contribution is -2.25. The molecular formula is C17H14F3NO3. The minimum atomic E-state index is -4.82. The molecule has 1 aliphatic rings. The molecule has 0 bridgehead atoms. The van der Waals surface area contributed by atoms with Crippen molar-refractivity contribution in [1.82, 2.24) is 5.32 Å². The zero-order valence-corrected chi connectivity index (χ0v) is 12.4. The molecule has 1 fully saturated rings. The topological polar surface area (TPSA) is 58.6 Å². The number of carbonyl (C=O) groups is 1. The van der Waals surface area contributed by atoms with Gasteiger partial charge in [0.25, 0.3) is 5.91 Å². The summed E-state index contributed by atoms with van der Waals surface area (Å²) in [5.74, 6) is -0.894. The maximum atomic E-state index is 12.3. The van der Waals surface area contributed by atoms with E-state index in [0.717, 1.165) is 31.0 Å². The second kappa shape index (κ2) is 6.07. The van der Waals surface area contributed by atoms with E-state index in [1.165, 1.54) is 6.07 Å². The van der Waals surface area contributed by atoms with E-state index in [1.54, 1.807) is 18.2 Å². The number of benzene rings is 2. The van der Waals surface area contributed by atoms with E-state index in [9.17, 15) is 23.1 Å². The third-order valence-corrected chi connectivity index (χ3v) is 3.55. The molecule has 2 aromatic rings. The lowest BCUT2D eigenvalue weighted by atomic mass is 10.0. The second-order valence-corrected chi connectivity index (χ2v) is 5.56. The maximum absolute atomic E-state index is 12.3. The maximum Gasteiger partial charge on any atom is 0.573 e. The van der Waals surface area contributed by atoms with Crippen molar-refractivity contribution in [1.29, 1.82) is 0 Å². The Kier molecular flexibility index (Phi) is 4.09. The first-order valence-corrected chi connectivity index (χ1v) is 7.32. The molecule has 2 N–H and O–H groups in total. The molecule has 1 aliphatic carbocycles. The quantitative estimate of drug-likeness (QED) is 0.891. The Bertz CT molecular complexity index is 770. The first-order valence-electron chi connectivity index (χ1n) is 7.32. The molecule has 126 valence electrons. The minimum absolute atomic E-state index is 0.151. The van der Waals surface area contributed by atoms with Gasteiger partial charge in [0.1, 0.15) is 11.5 Å². The number of phenolic OH excluding ortho intramolecular Hbond substituents is 1. The van der Waals surface area contributed by atoms with Crippen molar-refractivity contribution in [3.8, 4) is 22.6 Å². The molecule has 0 aliphatic heterocycles. The Morgan fingerprint density at radius 2 is 1.92 bits per heavy atom. The van der Waals surface area contributed by atoms with Crippen LogP contribution in [0.25, 0.3) is 11.1 Å². The highest BCUT2D eigenvalue weighted by atomic mass is 19.4. The predicted molar refractivity (Wildman–Crippen MR) is 80.7 cm³/mol. The van der Waals surface area contributed by atoms with Crippen LogP contribution in [0.5, 0.6) is 11.5 Å². The number of nitrogens with one attached hydrogen (secondary N) is 1. The normalized spacial score (nSPS) is 14.3. The molecule has 2 aromatic carbocycles. The lowest BCUT2D eigenvalue weighted by Gasteiger charge is -2.12. The van der Waals surface area contributed by atoms with Crippen molar-refractivity contribution in [2.75, 3.05) is 0 Å². The van der Waals surface area contributed by atoms with Gasteiger partial charge in [-0.25, -0.2) is 0 Å². The van der Waals surface area contributed by atoms with Crippen molar-refractivity contribution in [3.63, 3.8) is 0 Å². The van der Waals surface area contributed by atoms with Crippen molar-refractivity contribution in [2.24, 2.45) is 0 Å². The van der Waals surface area contributed by atoms with Gasteiger partial charge in [-0.05, 0) is 48.7 Å². The molecule has 0 aromatic heterocycles. The van der Waals surface area contributed by atoms with E-state index < -0.39 is 12.1 Å². The summed E-state index contributed by atoms with van der Waals surface area (Å²) in [6, 6.07) is 9.74. The minimum Gasteiger partial charge on any atom is -0.507 e. The molecule has 3 rings (SSSR count). The average molecular weight is 337 g/mol. The van der Waals surface area contributed by atoms with Gasteiger partial charge in [0.2, 0.25) is 0 Å².